The van der Waals surface area contributed by atoms with Gasteiger partial charge in [0.25, 0.3) is 0 Å². The molecule has 0 N–H and O–H groups in total. The molecule has 0 bridgehead atoms. The fraction of sp³-hybridized carbons (Fsp3) is 0.438. The van der Waals surface area contributed by atoms with Crippen molar-refractivity contribution in [3.05, 3.63) is 64.4 Å². The average molecular weight is 642 g/mol. The molecule has 4 rings (SSSR count). The minimum absolute atomic E-state index is 1.33. The Bertz CT molecular complexity index is 1160. The summed E-state index contributed by atoms with van der Waals surface area (Å²) in [6.07, 6.45) is 8.27. The van der Waals surface area contributed by atoms with Gasteiger partial charge < -0.3 is 0 Å². The summed E-state index contributed by atoms with van der Waals surface area (Å²) in [4.78, 5) is 6.99. The molecule has 0 spiro atoms. The van der Waals surface area contributed by atoms with Gasteiger partial charge >= 0.3 is 237 Å². The quantitative estimate of drug-likeness (QED) is 0.127. The third-order valence-electron chi connectivity index (χ3n) is 7.42. The van der Waals surface area contributed by atoms with Gasteiger partial charge in [-0.25, -0.2) is 0 Å². The molecule has 0 fully saturated rings. The third kappa shape index (κ3) is 6.75. The first-order chi connectivity index (χ1) is 17.5. The van der Waals surface area contributed by atoms with Crippen LogP contribution in [0, 0.1) is 13.8 Å². The monoisotopic (exact) mass is 642 g/mol. The summed E-state index contributed by atoms with van der Waals surface area (Å²) >= 11 is 3.57. The van der Waals surface area contributed by atoms with Gasteiger partial charge in [0.05, 0.1) is 0 Å². The number of hydrogen-bond donors (Lipinski definition) is 0. The van der Waals surface area contributed by atoms with Crippen molar-refractivity contribution in [2.24, 2.45) is 0 Å². The number of rotatable bonds is 13. The molecule has 0 aliphatic heterocycles. The minimum atomic E-state index is -2.40. The van der Waals surface area contributed by atoms with Crippen molar-refractivity contribution >= 4 is 55.3 Å². The fourth-order valence-electron chi connectivity index (χ4n) is 5.30. The first-order valence-electron chi connectivity index (χ1n) is 13.9. The van der Waals surface area contributed by atoms with Crippen LogP contribution in [0.4, 0.5) is 0 Å². The summed E-state index contributed by atoms with van der Waals surface area (Å²) in [5.74, 6) is 0. The molecule has 3 heterocycles. The Labute approximate surface area is 235 Å². The van der Waals surface area contributed by atoms with E-state index in [1.165, 1.54) is 79.6 Å². The van der Waals surface area contributed by atoms with Crippen LogP contribution in [-0.2, 0) is 0 Å². The van der Waals surface area contributed by atoms with E-state index in [1.54, 1.807) is 13.3 Å². The van der Waals surface area contributed by atoms with Gasteiger partial charge in [0.1, 0.15) is 0 Å². The van der Waals surface area contributed by atoms with E-state index in [-0.39, 0.29) is 0 Å². The first-order valence-corrected chi connectivity index (χ1v) is 23.8. The Balaban J connectivity index is 1.78. The van der Waals surface area contributed by atoms with Crippen LogP contribution < -0.4 is 2.89 Å². The molecule has 0 unspecified atom stereocenters. The number of hydrogen-bond acceptors (Lipinski definition) is 3. The Morgan fingerprint density at radius 1 is 0.528 bits per heavy atom. The van der Waals surface area contributed by atoms with E-state index >= 15 is 0 Å². The molecule has 1 aromatic carbocycles. The summed E-state index contributed by atoms with van der Waals surface area (Å²) in [6, 6.07) is 21.5. The van der Waals surface area contributed by atoms with Gasteiger partial charge in [0.15, 0.2) is 0 Å². The second-order valence-corrected chi connectivity index (χ2v) is 28.2. The van der Waals surface area contributed by atoms with Crippen LogP contribution in [-0.4, -0.2) is 18.4 Å². The molecule has 0 aliphatic carbocycles. The summed E-state index contributed by atoms with van der Waals surface area (Å²) in [7, 11) is 0. The van der Waals surface area contributed by atoms with Crippen molar-refractivity contribution in [2.45, 2.75) is 86.5 Å². The van der Waals surface area contributed by atoms with E-state index in [0.29, 0.717) is 0 Å². The van der Waals surface area contributed by atoms with Gasteiger partial charge in [-0.05, 0) is 0 Å². The average Bonchev–Trinajstić information content (AvgIpc) is 3.65. The van der Waals surface area contributed by atoms with Crippen LogP contribution in [0.5, 0.6) is 0 Å². The zero-order chi connectivity index (χ0) is 25.5. The van der Waals surface area contributed by atoms with Crippen molar-refractivity contribution < 1.29 is 0 Å². The molecular formula is C32H42S3Sn. The van der Waals surface area contributed by atoms with Crippen LogP contribution >= 0.6 is 34.0 Å². The van der Waals surface area contributed by atoms with Gasteiger partial charge in [-0.1, -0.05) is 0 Å². The zero-order valence-corrected chi connectivity index (χ0v) is 28.1. The van der Waals surface area contributed by atoms with Gasteiger partial charge in [-0.2, -0.15) is 0 Å². The zero-order valence-electron chi connectivity index (χ0n) is 22.8. The molecule has 0 atom stereocenters. The fourth-order valence-corrected chi connectivity index (χ4v) is 27.1. The summed E-state index contributed by atoms with van der Waals surface area (Å²) in [5, 5.41) is 0. The second kappa shape index (κ2) is 13.3. The molecule has 3 aromatic heterocycles. The van der Waals surface area contributed by atoms with Crippen molar-refractivity contribution in [3.8, 4) is 31.3 Å². The first kappa shape index (κ1) is 28.1. The molecule has 0 radical (unpaired) electrons. The molecule has 0 saturated heterocycles. The van der Waals surface area contributed by atoms with E-state index < -0.39 is 18.4 Å². The Hall–Kier alpha value is -0.881. The topological polar surface area (TPSA) is 0 Å². The maximum atomic E-state index is 2.58. The van der Waals surface area contributed by atoms with Gasteiger partial charge in [0.2, 0.25) is 0 Å². The summed E-state index contributed by atoms with van der Waals surface area (Å²) < 4.78 is 6.46. The van der Waals surface area contributed by atoms with Crippen LogP contribution in [0.25, 0.3) is 31.3 Å². The van der Waals surface area contributed by atoms with Crippen LogP contribution in [0.15, 0.2) is 54.6 Å². The molecular weight excluding hydrogens is 599 g/mol. The number of thiophene rings is 3. The molecule has 192 valence electrons. The molecule has 4 aromatic rings. The predicted octanol–water partition coefficient (Wildman–Crippen LogP) is 11.5. The number of aryl methyl sites for hydroxylation is 2. The van der Waals surface area contributed by atoms with E-state index in [9.17, 15) is 0 Å². The Kier molecular flexibility index (Phi) is 10.4. The van der Waals surface area contributed by atoms with Crippen molar-refractivity contribution in [1.29, 1.82) is 0 Å². The Morgan fingerprint density at radius 3 is 1.28 bits per heavy atom. The molecule has 0 aliphatic rings. The maximum absolute atomic E-state index is 2.58. The van der Waals surface area contributed by atoms with Crippen LogP contribution in [0.1, 0.15) is 69.1 Å². The van der Waals surface area contributed by atoms with E-state index in [1.807, 2.05) is 25.6 Å². The molecule has 0 nitrogen and oxygen atoms in total. The van der Waals surface area contributed by atoms with Crippen LogP contribution in [0.3, 0.4) is 0 Å². The normalized spacial score (nSPS) is 11.9. The van der Waals surface area contributed by atoms with Gasteiger partial charge in [-0.3, -0.25) is 0 Å². The molecule has 0 saturated carbocycles. The van der Waals surface area contributed by atoms with Crippen molar-refractivity contribution in [2.75, 3.05) is 0 Å². The second-order valence-electron chi connectivity index (χ2n) is 10.4. The standard InChI is InChI=1S/C20H15S3.3C4H9.Sn/c1-13-5-7-19(22-13)16-10-15(18-4-3-9-21-18)11-17(12-16)20-8-6-14(2)23-20;3*1-3-4-2;/h3-8,10-12H,1-2H3;3*1,3-4H2,2H3;. The summed E-state index contributed by atoms with van der Waals surface area (Å²) in [6.45, 7) is 11.6. The number of unbranched alkanes of at least 4 members (excludes halogenated alkanes) is 3. The van der Waals surface area contributed by atoms with Gasteiger partial charge in [0, 0.05) is 0 Å². The SMILES string of the molecule is CCC[CH2][Sn]([CH2]CCC)([CH2]CCC)[c]1ccc(-c2cc(-c3ccc(C)s3)cc(-c3ccc(C)s3)c2)s1. The molecule has 4 heteroatoms. The molecule has 0 amide bonds. The summed E-state index contributed by atoms with van der Waals surface area (Å²) in [5.41, 5.74) is 4.12. The number of benzene rings is 1. The third-order valence-corrected chi connectivity index (χ3v) is 28.9. The van der Waals surface area contributed by atoms with E-state index in [0.717, 1.165) is 0 Å². The van der Waals surface area contributed by atoms with E-state index in [4.69, 9.17) is 0 Å². The van der Waals surface area contributed by atoms with E-state index in [2.05, 4.69) is 101 Å². The van der Waals surface area contributed by atoms with Crippen LogP contribution in [0.2, 0.25) is 13.3 Å². The predicted molar refractivity (Wildman–Crippen MR) is 170 cm³/mol. The van der Waals surface area contributed by atoms with Crippen molar-refractivity contribution in [3.63, 3.8) is 0 Å². The Morgan fingerprint density at radius 2 is 0.917 bits per heavy atom. The van der Waals surface area contributed by atoms with Crippen molar-refractivity contribution in [1.82, 2.24) is 0 Å². The molecule has 36 heavy (non-hydrogen) atoms. The van der Waals surface area contributed by atoms with Gasteiger partial charge in [-0.15, -0.1) is 0 Å².